The van der Waals surface area contributed by atoms with Crippen LogP contribution in [0.4, 0.5) is 5.69 Å². The molecule has 2 heterocycles. The van der Waals surface area contributed by atoms with Crippen LogP contribution in [0.25, 0.3) is 22.6 Å². The quantitative estimate of drug-likeness (QED) is 0.0341. The maximum Gasteiger partial charge on any atom is 0.256 e. The number of hydrogen-bond acceptors (Lipinski definition) is 9. The summed E-state index contributed by atoms with van der Waals surface area (Å²) < 4.78 is 19.4. The lowest BCUT2D eigenvalue weighted by Crippen LogP contribution is -2.31. The molecule has 1 fully saturated rings. The molecule has 11 nitrogen and oxygen atoms in total. The fourth-order valence-corrected chi connectivity index (χ4v) is 6.89. The van der Waals surface area contributed by atoms with E-state index in [-0.39, 0.29) is 36.6 Å². The molecule has 5 aromatic rings. The Morgan fingerprint density at radius 2 is 1.38 bits per heavy atom. The second-order valence-corrected chi connectivity index (χ2v) is 13.6. The Bertz CT molecular complexity index is 1810. The summed E-state index contributed by atoms with van der Waals surface area (Å²) in [5, 5.41) is 21.7. The van der Waals surface area contributed by atoms with Crippen LogP contribution in [0.1, 0.15) is 74.0 Å². The summed E-state index contributed by atoms with van der Waals surface area (Å²) in [5.74, 6) is 0.829. The van der Waals surface area contributed by atoms with Crippen molar-refractivity contribution in [2.75, 3.05) is 11.1 Å². The van der Waals surface area contributed by atoms with E-state index < -0.39 is 12.2 Å². The van der Waals surface area contributed by atoms with Crippen molar-refractivity contribution in [3.8, 4) is 22.6 Å². The molecule has 0 unspecified atom stereocenters. The zero-order valence-electron chi connectivity index (χ0n) is 29.3. The summed E-state index contributed by atoms with van der Waals surface area (Å²) in [7, 11) is 0. The molecule has 6 N–H and O–H groups in total. The molecular formula is C41H45N3O8S. The first kappa shape index (κ1) is 39.4. The Morgan fingerprint density at radius 3 is 2.02 bits per heavy atom. The number of hydroxylamine groups is 1. The van der Waals surface area contributed by atoms with Gasteiger partial charge in [-0.3, -0.25) is 14.8 Å². The number of benzene rings is 4. The van der Waals surface area contributed by atoms with Crippen LogP contribution in [0, 0.1) is 0 Å². The maximum absolute atomic E-state index is 12.6. The number of anilines is 1. The number of aliphatic hydroxyl groups is 1. The third-order valence-electron chi connectivity index (χ3n) is 8.85. The van der Waals surface area contributed by atoms with Crippen LogP contribution in [0.5, 0.6) is 0 Å². The zero-order valence-corrected chi connectivity index (χ0v) is 30.1. The summed E-state index contributed by atoms with van der Waals surface area (Å²) in [5.41, 5.74) is 7.69. The minimum Gasteiger partial charge on any atom is -0.431 e. The van der Waals surface area contributed by atoms with E-state index in [2.05, 4.69) is 5.32 Å². The molecule has 0 saturated carbocycles. The van der Waals surface area contributed by atoms with E-state index in [4.69, 9.17) is 24.1 Å². The van der Waals surface area contributed by atoms with Crippen LogP contribution in [0.3, 0.4) is 0 Å². The van der Waals surface area contributed by atoms with Gasteiger partial charge in [-0.25, -0.2) is 10.5 Å². The van der Waals surface area contributed by atoms with Gasteiger partial charge in [-0.2, -0.15) is 0 Å². The molecule has 1 aliphatic rings. The molecule has 12 heteroatoms. The lowest BCUT2D eigenvalue weighted by atomic mass is 10.0. The smallest absolute Gasteiger partial charge is 0.256 e. The standard InChI is InChI=1S/C41H43N3O7S.H2O/c45-26-28-17-19-29(20-18-28)35-25-34(27-52-41-43-38(30-11-5-3-6-12-30)39(51-41)31-13-7-4-8-14-31)49-40(50-35)32-21-23-33(24-22-32)42-36(46)15-9-1-2-10-16-37(47)44-48;/h3-8,11-14,17-24,34-35,40,45,48H,1-2,9-10,15-16,25-27H2,(H,42,46)(H,44,47);1H2/t34-,35+,40+;/m1./s1. The summed E-state index contributed by atoms with van der Waals surface area (Å²) in [4.78, 5) is 28.6. The van der Waals surface area contributed by atoms with Gasteiger partial charge in [0.2, 0.25) is 11.8 Å². The van der Waals surface area contributed by atoms with E-state index in [1.165, 1.54) is 11.8 Å². The number of nitrogens with one attached hydrogen (secondary N) is 2. The Balaban J connectivity index is 0.00000541. The predicted molar refractivity (Wildman–Crippen MR) is 203 cm³/mol. The average Bonchev–Trinajstić information content (AvgIpc) is 3.63. The van der Waals surface area contributed by atoms with Gasteiger partial charge in [-0.05, 0) is 36.1 Å². The third kappa shape index (κ3) is 11.1. The van der Waals surface area contributed by atoms with E-state index in [0.717, 1.165) is 52.1 Å². The van der Waals surface area contributed by atoms with Crippen molar-refractivity contribution in [2.24, 2.45) is 0 Å². The van der Waals surface area contributed by atoms with Crippen molar-refractivity contribution in [1.29, 1.82) is 0 Å². The van der Waals surface area contributed by atoms with Gasteiger partial charge in [0.25, 0.3) is 5.22 Å². The monoisotopic (exact) mass is 739 g/mol. The Kier molecular flexibility index (Phi) is 14.8. The van der Waals surface area contributed by atoms with Crippen LogP contribution >= 0.6 is 11.8 Å². The molecule has 53 heavy (non-hydrogen) atoms. The molecule has 4 aromatic carbocycles. The fourth-order valence-electron chi connectivity index (χ4n) is 6.05. The number of hydrogen-bond donors (Lipinski definition) is 4. The highest BCUT2D eigenvalue weighted by Crippen LogP contribution is 2.41. The molecule has 1 aliphatic heterocycles. The fraction of sp³-hybridized carbons (Fsp3) is 0.293. The number of thioether (sulfide) groups is 1. The molecular weight excluding hydrogens is 695 g/mol. The van der Waals surface area contributed by atoms with E-state index in [0.29, 0.717) is 42.3 Å². The molecule has 278 valence electrons. The van der Waals surface area contributed by atoms with Gasteiger partial charge >= 0.3 is 0 Å². The minimum absolute atomic E-state index is 0. The molecule has 3 atom stereocenters. The van der Waals surface area contributed by atoms with E-state index >= 15 is 0 Å². The molecule has 1 aromatic heterocycles. The van der Waals surface area contributed by atoms with E-state index in [1.54, 1.807) is 5.48 Å². The van der Waals surface area contributed by atoms with Gasteiger partial charge < -0.3 is 29.8 Å². The first-order chi connectivity index (χ1) is 25.5. The second kappa shape index (κ2) is 19.9. The number of aromatic nitrogens is 1. The summed E-state index contributed by atoms with van der Waals surface area (Å²) in [6.45, 7) is -0.0305. The Hall–Kier alpha value is -4.82. The number of oxazole rings is 1. The largest absolute Gasteiger partial charge is 0.431 e. The number of unbranched alkanes of at least 4 members (excludes halogenated alkanes) is 3. The number of nitrogens with zero attached hydrogens (tertiary/aromatic N) is 1. The first-order valence-electron chi connectivity index (χ1n) is 17.6. The van der Waals surface area contributed by atoms with Crippen LogP contribution in [0.2, 0.25) is 0 Å². The molecule has 0 spiro atoms. The van der Waals surface area contributed by atoms with Crippen molar-refractivity contribution in [1.82, 2.24) is 10.5 Å². The molecule has 1 saturated heterocycles. The topological polar surface area (TPSA) is 175 Å². The van der Waals surface area contributed by atoms with Gasteiger partial charge in [-0.1, -0.05) is 122 Å². The van der Waals surface area contributed by atoms with Crippen molar-refractivity contribution >= 4 is 29.3 Å². The van der Waals surface area contributed by atoms with Crippen molar-refractivity contribution in [3.63, 3.8) is 0 Å². The van der Waals surface area contributed by atoms with Gasteiger partial charge in [0.05, 0.1) is 18.8 Å². The van der Waals surface area contributed by atoms with Crippen LogP contribution in [-0.4, -0.2) is 44.4 Å². The highest BCUT2D eigenvalue weighted by atomic mass is 32.2. The van der Waals surface area contributed by atoms with Crippen LogP contribution in [0.15, 0.2) is 119 Å². The minimum atomic E-state index is -0.649. The molecule has 0 radical (unpaired) electrons. The van der Waals surface area contributed by atoms with E-state index in [1.807, 2.05) is 109 Å². The van der Waals surface area contributed by atoms with Crippen LogP contribution in [-0.2, 0) is 25.7 Å². The molecule has 2 amide bonds. The zero-order chi connectivity index (χ0) is 36.1. The normalized spacial score (nSPS) is 16.8. The van der Waals surface area contributed by atoms with Gasteiger partial charge in [0.15, 0.2) is 12.1 Å². The maximum atomic E-state index is 12.6. The number of carbonyl (C=O) groups is 2. The second-order valence-electron chi connectivity index (χ2n) is 12.7. The lowest BCUT2D eigenvalue weighted by molar-refractivity contribution is -0.245. The first-order valence-corrected chi connectivity index (χ1v) is 18.6. The number of amides is 2. The van der Waals surface area contributed by atoms with Crippen LogP contribution < -0.4 is 10.8 Å². The molecule has 0 aliphatic carbocycles. The van der Waals surface area contributed by atoms with Crippen molar-refractivity contribution < 1.29 is 39.3 Å². The van der Waals surface area contributed by atoms with Gasteiger partial charge in [0, 0.05) is 47.4 Å². The number of carbonyl (C=O) groups excluding carboxylic acids is 2. The van der Waals surface area contributed by atoms with Crippen molar-refractivity contribution in [2.45, 2.75) is 75.3 Å². The highest BCUT2D eigenvalue weighted by Gasteiger charge is 2.33. The van der Waals surface area contributed by atoms with Crippen molar-refractivity contribution in [3.05, 3.63) is 126 Å². The number of ether oxygens (including phenoxy) is 2. The van der Waals surface area contributed by atoms with Gasteiger partial charge in [0.1, 0.15) is 5.69 Å². The highest BCUT2D eigenvalue weighted by molar-refractivity contribution is 7.99. The number of rotatable bonds is 16. The van der Waals surface area contributed by atoms with Gasteiger partial charge in [-0.15, -0.1) is 0 Å². The summed E-state index contributed by atoms with van der Waals surface area (Å²) in [6, 6.07) is 35.3. The lowest BCUT2D eigenvalue weighted by Gasteiger charge is -2.36. The molecule has 6 rings (SSSR count). The predicted octanol–water partition coefficient (Wildman–Crippen LogP) is 7.80. The summed E-state index contributed by atoms with van der Waals surface area (Å²) in [6.07, 6.45) is 3.17. The summed E-state index contributed by atoms with van der Waals surface area (Å²) >= 11 is 1.51. The Morgan fingerprint density at radius 1 is 0.755 bits per heavy atom. The third-order valence-corrected chi connectivity index (χ3v) is 9.81. The SMILES string of the molecule is O.O=C(CCCCCCC(=O)Nc1ccc([C@H]2O[C@@H](CSc3nc(-c4ccccc4)c(-c4ccccc4)o3)C[C@@H](c3ccc(CO)cc3)O2)cc1)NO. The van der Waals surface area contributed by atoms with E-state index in [9.17, 15) is 14.7 Å². The molecule has 0 bridgehead atoms. The average molecular weight is 740 g/mol. The Labute approximate surface area is 313 Å². The number of aliphatic hydroxyl groups excluding tert-OH is 1.